The molecule has 1 aliphatic heterocycles. The van der Waals surface area contributed by atoms with Gasteiger partial charge in [-0.1, -0.05) is 39.4 Å². The molecule has 1 aliphatic rings. The van der Waals surface area contributed by atoms with Crippen molar-refractivity contribution in [3.63, 3.8) is 0 Å². The number of nitro benzene ring substituents is 1. The SMILES string of the molecule is O=c1sc(/C=C2/C=Nc3ccc(Br)cc32)c(O)n1Cc1ccc([N+](=O)[O-])cc1. The molecule has 0 amide bonds. The monoisotopic (exact) mass is 457 g/mol. The van der Waals surface area contributed by atoms with Gasteiger partial charge in [-0.2, -0.15) is 0 Å². The minimum Gasteiger partial charge on any atom is -0.493 e. The fourth-order valence-corrected chi connectivity index (χ4v) is 4.07. The predicted molar refractivity (Wildman–Crippen MR) is 113 cm³/mol. The topological polar surface area (TPSA) is 97.7 Å². The van der Waals surface area contributed by atoms with Crippen LogP contribution in [0.1, 0.15) is 16.0 Å². The highest BCUT2D eigenvalue weighted by atomic mass is 79.9. The highest BCUT2D eigenvalue weighted by molar-refractivity contribution is 9.10. The summed E-state index contributed by atoms with van der Waals surface area (Å²) in [5, 5.41) is 21.3. The zero-order valence-electron chi connectivity index (χ0n) is 14.2. The highest BCUT2D eigenvalue weighted by Crippen LogP contribution is 2.36. The van der Waals surface area contributed by atoms with Crippen molar-refractivity contribution in [2.24, 2.45) is 4.99 Å². The van der Waals surface area contributed by atoms with Gasteiger partial charge in [0.15, 0.2) is 0 Å². The number of benzene rings is 2. The van der Waals surface area contributed by atoms with E-state index in [1.165, 1.54) is 16.7 Å². The zero-order chi connectivity index (χ0) is 19.8. The van der Waals surface area contributed by atoms with Gasteiger partial charge in [0.2, 0.25) is 5.88 Å². The van der Waals surface area contributed by atoms with Crippen LogP contribution in [0, 0.1) is 10.1 Å². The van der Waals surface area contributed by atoms with Gasteiger partial charge in [0.1, 0.15) is 0 Å². The third-order valence-electron chi connectivity index (χ3n) is 4.28. The third-order valence-corrected chi connectivity index (χ3v) is 5.69. The molecule has 2 heterocycles. The van der Waals surface area contributed by atoms with E-state index >= 15 is 0 Å². The number of aromatic nitrogens is 1. The smallest absolute Gasteiger partial charge is 0.310 e. The lowest BCUT2D eigenvalue weighted by atomic mass is 10.1. The first-order valence-corrected chi connectivity index (χ1v) is 9.75. The van der Waals surface area contributed by atoms with Crippen LogP contribution in [0.15, 0.2) is 56.7 Å². The van der Waals surface area contributed by atoms with Gasteiger partial charge < -0.3 is 5.11 Å². The lowest BCUT2D eigenvalue weighted by Gasteiger charge is -2.04. The molecule has 0 saturated carbocycles. The van der Waals surface area contributed by atoms with Crippen molar-refractivity contribution in [2.45, 2.75) is 6.54 Å². The van der Waals surface area contributed by atoms with Gasteiger partial charge >= 0.3 is 4.87 Å². The molecule has 1 aromatic heterocycles. The molecule has 4 rings (SSSR count). The number of halogens is 1. The average Bonchev–Trinajstić information content (AvgIpc) is 3.18. The Bertz CT molecular complexity index is 1210. The van der Waals surface area contributed by atoms with Gasteiger partial charge in [-0.3, -0.25) is 24.5 Å². The summed E-state index contributed by atoms with van der Waals surface area (Å²) in [6.45, 7) is 0.124. The Morgan fingerprint density at radius 1 is 1.25 bits per heavy atom. The fraction of sp³-hybridized carbons (Fsp3) is 0.0526. The summed E-state index contributed by atoms with van der Waals surface area (Å²) in [7, 11) is 0. The molecule has 140 valence electrons. The Hall–Kier alpha value is -3.04. The van der Waals surface area contributed by atoms with Gasteiger partial charge in [0.25, 0.3) is 5.69 Å². The predicted octanol–water partition coefficient (Wildman–Crippen LogP) is 4.59. The van der Waals surface area contributed by atoms with Crippen molar-refractivity contribution in [2.75, 3.05) is 0 Å². The summed E-state index contributed by atoms with van der Waals surface area (Å²) in [5.74, 6) is -0.141. The van der Waals surface area contributed by atoms with Crippen LogP contribution in [-0.4, -0.2) is 20.8 Å². The standard InChI is InChI=1S/C19H12BrN3O4S/c20-13-3-6-16-15(8-13)12(9-21-16)7-17-18(24)22(19(25)28-17)10-11-1-4-14(5-2-11)23(26)27/h1-9,24H,10H2/b12-7-. The molecule has 2 aromatic carbocycles. The Morgan fingerprint density at radius 3 is 2.71 bits per heavy atom. The fourth-order valence-electron chi connectivity index (χ4n) is 2.87. The van der Waals surface area contributed by atoms with E-state index in [0.29, 0.717) is 10.4 Å². The van der Waals surface area contributed by atoms with E-state index in [9.17, 15) is 20.0 Å². The van der Waals surface area contributed by atoms with E-state index in [-0.39, 0.29) is 23.0 Å². The second-order valence-electron chi connectivity index (χ2n) is 6.08. The van der Waals surface area contributed by atoms with Crippen LogP contribution in [0.4, 0.5) is 11.4 Å². The average molecular weight is 458 g/mol. The van der Waals surface area contributed by atoms with Crippen LogP contribution in [0.25, 0.3) is 11.6 Å². The summed E-state index contributed by atoms with van der Waals surface area (Å²) in [5.41, 5.74) is 3.19. The number of allylic oxidation sites excluding steroid dienone is 1. The van der Waals surface area contributed by atoms with E-state index in [4.69, 9.17) is 0 Å². The zero-order valence-corrected chi connectivity index (χ0v) is 16.6. The van der Waals surface area contributed by atoms with Crippen LogP contribution in [-0.2, 0) is 6.54 Å². The molecule has 0 fully saturated rings. The van der Waals surface area contributed by atoms with Crippen molar-refractivity contribution >= 4 is 56.5 Å². The molecule has 0 unspecified atom stereocenters. The van der Waals surface area contributed by atoms with Crippen molar-refractivity contribution in [1.29, 1.82) is 0 Å². The number of nitrogens with zero attached hydrogens (tertiary/aromatic N) is 3. The van der Waals surface area contributed by atoms with Gasteiger partial charge in [-0.15, -0.1) is 0 Å². The number of fused-ring (bicyclic) bond motifs is 1. The normalized spacial score (nSPS) is 13.8. The molecule has 0 atom stereocenters. The van der Waals surface area contributed by atoms with E-state index < -0.39 is 4.92 Å². The molecule has 9 heteroatoms. The number of thiazole rings is 1. The summed E-state index contributed by atoms with van der Waals surface area (Å²) in [4.78, 5) is 27.1. The molecular formula is C19H12BrN3O4S. The van der Waals surface area contributed by atoms with Gasteiger partial charge in [-0.25, -0.2) is 0 Å². The first-order valence-electron chi connectivity index (χ1n) is 8.14. The van der Waals surface area contributed by atoms with Crippen molar-refractivity contribution in [3.8, 4) is 5.88 Å². The molecule has 3 aromatic rings. The second kappa shape index (κ2) is 7.17. The van der Waals surface area contributed by atoms with Crippen molar-refractivity contribution < 1.29 is 10.0 Å². The molecule has 0 radical (unpaired) electrons. The van der Waals surface area contributed by atoms with Crippen LogP contribution in [0.5, 0.6) is 5.88 Å². The maximum absolute atomic E-state index is 12.4. The van der Waals surface area contributed by atoms with E-state index in [0.717, 1.165) is 32.6 Å². The summed E-state index contributed by atoms with van der Waals surface area (Å²) in [6.07, 6.45) is 3.43. The largest absolute Gasteiger partial charge is 0.493 e. The maximum atomic E-state index is 12.4. The molecule has 0 aliphatic carbocycles. The number of hydrogen-bond acceptors (Lipinski definition) is 6. The molecule has 0 saturated heterocycles. The van der Waals surface area contributed by atoms with Gasteiger partial charge in [-0.05, 0) is 29.8 Å². The van der Waals surface area contributed by atoms with E-state index in [1.54, 1.807) is 24.4 Å². The summed E-state index contributed by atoms with van der Waals surface area (Å²) < 4.78 is 2.15. The molecule has 7 nitrogen and oxygen atoms in total. The minimum atomic E-state index is -0.484. The van der Waals surface area contributed by atoms with Crippen LogP contribution < -0.4 is 4.87 Å². The Kier molecular flexibility index (Phi) is 4.70. The second-order valence-corrected chi connectivity index (χ2v) is 7.99. The van der Waals surface area contributed by atoms with Gasteiger partial charge in [0, 0.05) is 34.0 Å². The summed E-state index contributed by atoms with van der Waals surface area (Å²) >= 11 is 4.37. The first-order chi connectivity index (χ1) is 13.4. The van der Waals surface area contributed by atoms with Gasteiger partial charge in [0.05, 0.1) is 22.0 Å². The van der Waals surface area contributed by atoms with Crippen LogP contribution in [0.2, 0.25) is 0 Å². The van der Waals surface area contributed by atoms with E-state index in [2.05, 4.69) is 20.9 Å². The minimum absolute atomic E-state index is 0.0265. The molecule has 0 bridgehead atoms. The Labute approximate surface area is 171 Å². The number of nitro groups is 1. The van der Waals surface area contributed by atoms with Crippen LogP contribution >= 0.6 is 27.3 Å². The summed E-state index contributed by atoms with van der Waals surface area (Å²) in [6, 6.07) is 11.6. The number of hydrogen-bond donors (Lipinski definition) is 1. The van der Waals surface area contributed by atoms with E-state index in [1.807, 2.05) is 18.2 Å². The lowest BCUT2D eigenvalue weighted by molar-refractivity contribution is -0.384. The third kappa shape index (κ3) is 3.41. The lowest BCUT2D eigenvalue weighted by Crippen LogP contribution is -2.13. The number of aliphatic imine (C=N–C) groups is 1. The molecule has 28 heavy (non-hydrogen) atoms. The molecule has 0 spiro atoms. The first kappa shape index (κ1) is 18.3. The van der Waals surface area contributed by atoms with Crippen LogP contribution in [0.3, 0.4) is 0 Å². The Balaban J connectivity index is 1.66. The number of aromatic hydroxyl groups is 1. The maximum Gasteiger partial charge on any atom is 0.310 e. The van der Waals surface area contributed by atoms with Crippen molar-refractivity contribution in [3.05, 3.63) is 82.7 Å². The number of rotatable bonds is 4. The quantitative estimate of drug-likeness (QED) is 0.457. The number of non-ortho nitro benzene ring substituents is 1. The Morgan fingerprint density at radius 2 is 2.00 bits per heavy atom. The highest BCUT2D eigenvalue weighted by Gasteiger charge is 2.17. The van der Waals surface area contributed by atoms with Crippen molar-refractivity contribution in [1.82, 2.24) is 4.57 Å². The molecular weight excluding hydrogens is 446 g/mol. The molecule has 1 N–H and O–H groups in total.